The first-order valence-electron chi connectivity index (χ1n) is 6.68. The Bertz CT molecular complexity index is 378. The van der Waals surface area contributed by atoms with Crippen molar-refractivity contribution in [2.75, 3.05) is 11.9 Å². The molecule has 1 aromatic rings. The van der Waals surface area contributed by atoms with Crippen molar-refractivity contribution in [2.45, 2.75) is 48.9 Å². The Morgan fingerprint density at radius 1 is 1.37 bits per heavy atom. The third-order valence-corrected chi connectivity index (χ3v) is 4.02. The van der Waals surface area contributed by atoms with Crippen LogP contribution in [-0.2, 0) is 0 Å². The van der Waals surface area contributed by atoms with Crippen LogP contribution in [0.2, 0.25) is 0 Å². The molecule has 2 nitrogen and oxygen atoms in total. The van der Waals surface area contributed by atoms with Crippen LogP contribution in [0.1, 0.15) is 26.2 Å². The van der Waals surface area contributed by atoms with Gasteiger partial charge in [0.1, 0.15) is 0 Å². The van der Waals surface area contributed by atoms with Gasteiger partial charge in [-0.3, -0.25) is 0 Å². The summed E-state index contributed by atoms with van der Waals surface area (Å²) in [4.78, 5) is 0.602. The van der Waals surface area contributed by atoms with Crippen molar-refractivity contribution in [3.63, 3.8) is 0 Å². The average molecular weight is 286 g/mol. The lowest BCUT2D eigenvalue weighted by Gasteiger charge is -2.19. The number of alkyl halides is 2. The van der Waals surface area contributed by atoms with Crippen LogP contribution < -0.4 is 10.6 Å². The molecular weight excluding hydrogens is 266 g/mol. The minimum absolute atomic E-state index is 0.379. The topological polar surface area (TPSA) is 24.1 Å². The Morgan fingerprint density at radius 2 is 2.11 bits per heavy atom. The van der Waals surface area contributed by atoms with Gasteiger partial charge in [-0.05, 0) is 57.0 Å². The zero-order chi connectivity index (χ0) is 13.7. The Labute approximate surface area is 117 Å². The lowest BCUT2D eigenvalue weighted by molar-refractivity contribution is 0.252. The van der Waals surface area contributed by atoms with Crippen molar-refractivity contribution in [3.05, 3.63) is 24.3 Å². The van der Waals surface area contributed by atoms with Crippen LogP contribution in [0, 0.1) is 0 Å². The van der Waals surface area contributed by atoms with Crippen LogP contribution in [-0.4, -0.2) is 24.4 Å². The summed E-state index contributed by atoms with van der Waals surface area (Å²) < 4.78 is 24.4. The van der Waals surface area contributed by atoms with Gasteiger partial charge in [0.25, 0.3) is 5.76 Å². The monoisotopic (exact) mass is 286 g/mol. The highest BCUT2D eigenvalue weighted by Gasteiger charge is 2.16. The van der Waals surface area contributed by atoms with Crippen LogP contribution in [0.4, 0.5) is 14.5 Å². The molecule has 1 aliphatic rings. The van der Waals surface area contributed by atoms with Gasteiger partial charge < -0.3 is 10.6 Å². The molecule has 1 heterocycles. The molecule has 0 aromatic heterocycles. The Kier molecular flexibility index (Phi) is 5.45. The van der Waals surface area contributed by atoms with E-state index in [4.69, 9.17) is 0 Å². The fourth-order valence-corrected chi connectivity index (χ4v) is 2.96. The molecule has 19 heavy (non-hydrogen) atoms. The molecule has 0 spiro atoms. The Morgan fingerprint density at radius 3 is 2.68 bits per heavy atom. The molecular formula is C14H20F2N2S. The summed E-state index contributed by atoms with van der Waals surface area (Å²) in [6.45, 7) is 3.28. The predicted octanol–water partition coefficient (Wildman–Crippen LogP) is 3.94. The highest BCUT2D eigenvalue weighted by molar-refractivity contribution is 7.99. The van der Waals surface area contributed by atoms with Crippen LogP contribution in [0.3, 0.4) is 0 Å². The summed E-state index contributed by atoms with van der Waals surface area (Å²) in [6, 6.07) is 8.19. The Balaban J connectivity index is 1.81. The first-order valence-corrected chi connectivity index (χ1v) is 7.56. The second-order valence-corrected chi connectivity index (χ2v) is 6.04. The maximum atomic E-state index is 12.2. The van der Waals surface area contributed by atoms with E-state index in [1.165, 1.54) is 12.8 Å². The van der Waals surface area contributed by atoms with Gasteiger partial charge in [-0.15, -0.1) is 0 Å². The minimum Gasteiger partial charge on any atom is -0.383 e. The normalized spacial score (nSPS) is 20.7. The van der Waals surface area contributed by atoms with Gasteiger partial charge in [0.2, 0.25) is 0 Å². The van der Waals surface area contributed by atoms with E-state index in [1.807, 2.05) is 12.1 Å². The predicted molar refractivity (Wildman–Crippen MR) is 77.0 cm³/mol. The molecule has 1 aliphatic heterocycles. The summed E-state index contributed by atoms with van der Waals surface area (Å²) in [5.74, 6) is -2.36. The molecule has 1 fully saturated rings. The Hall–Kier alpha value is -0.810. The van der Waals surface area contributed by atoms with E-state index in [-0.39, 0.29) is 0 Å². The SMILES string of the molecule is CC(CC1CCCN1)Nc1ccc(SC(F)F)cc1. The molecule has 0 bridgehead atoms. The molecule has 2 N–H and O–H groups in total. The molecule has 1 aromatic carbocycles. The third kappa shape index (κ3) is 4.99. The smallest absolute Gasteiger partial charge is 0.288 e. The van der Waals surface area contributed by atoms with Crippen molar-refractivity contribution >= 4 is 17.4 Å². The number of halogens is 2. The van der Waals surface area contributed by atoms with Gasteiger partial charge in [-0.1, -0.05) is 11.8 Å². The summed E-state index contributed by atoms with van der Waals surface area (Å²) in [6.07, 6.45) is 3.60. The quantitative estimate of drug-likeness (QED) is 0.774. The number of anilines is 1. The lowest BCUT2D eigenvalue weighted by Crippen LogP contribution is -2.29. The van der Waals surface area contributed by atoms with E-state index in [2.05, 4.69) is 17.6 Å². The second kappa shape index (κ2) is 7.10. The first kappa shape index (κ1) is 14.6. The first-order chi connectivity index (χ1) is 9.13. The van der Waals surface area contributed by atoms with Gasteiger partial charge >= 0.3 is 0 Å². The maximum Gasteiger partial charge on any atom is 0.288 e. The molecule has 2 unspecified atom stereocenters. The standard InChI is InChI=1S/C14H20F2N2S/c1-10(9-12-3-2-8-17-12)18-11-4-6-13(7-5-11)19-14(15)16/h4-7,10,12,14,17-18H,2-3,8-9H2,1H3. The molecule has 0 radical (unpaired) electrons. The molecule has 0 aliphatic carbocycles. The van der Waals surface area contributed by atoms with Crippen molar-refractivity contribution in [3.8, 4) is 0 Å². The van der Waals surface area contributed by atoms with Crippen molar-refractivity contribution in [1.82, 2.24) is 5.32 Å². The van der Waals surface area contributed by atoms with E-state index in [0.29, 0.717) is 28.7 Å². The minimum atomic E-state index is -2.36. The fraction of sp³-hybridized carbons (Fsp3) is 0.571. The van der Waals surface area contributed by atoms with Gasteiger partial charge in [0.05, 0.1) is 0 Å². The second-order valence-electron chi connectivity index (χ2n) is 4.98. The zero-order valence-corrected chi connectivity index (χ0v) is 11.9. The summed E-state index contributed by atoms with van der Waals surface area (Å²) in [7, 11) is 0. The van der Waals surface area contributed by atoms with Gasteiger partial charge in [-0.25, -0.2) is 0 Å². The molecule has 2 atom stereocenters. The van der Waals surface area contributed by atoms with Gasteiger partial charge in [0.15, 0.2) is 0 Å². The number of thioether (sulfide) groups is 1. The van der Waals surface area contributed by atoms with E-state index in [9.17, 15) is 8.78 Å². The van der Waals surface area contributed by atoms with Crippen LogP contribution >= 0.6 is 11.8 Å². The third-order valence-electron chi connectivity index (χ3n) is 3.29. The van der Waals surface area contributed by atoms with Gasteiger partial charge in [0, 0.05) is 22.7 Å². The van der Waals surface area contributed by atoms with E-state index >= 15 is 0 Å². The fourth-order valence-electron chi connectivity index (χ4n) is 2.46. The average Bonchev–Trinajstić information content (AvgIpc) is 2.83. The van der Waals surface area contributed by atoms with E-state index in [1.54, 1.807) is 12.1 Å². The molecule has 5 heteroatoms. The largest absolute Gasteiger partial charge is 0.383 e. The summed E-state index contributed by atoms with van der Waals surface area (Å²) in [5, 5.41) is 6.89. The van der Waals surface area contributed by atoms with Crippen LogP contribution in [0.25, 0.3) is 0 Å². The summed E-state index contributed by atoms with van der Waals surface area (Å²) >= 11 is 0.581. The lowest BCUT2D eigenvalue weighted by atomic mass is 10.1. The highest BCUT2D eigenvalue weighted by atomic mass is 32.2. The highest BCUT2D eigenvalue weighted by Crippen LogP contribution is 2.26. The molecule has 2 rings (SSSR count). The maximum absolute atomic E-state index is 12.2. The van der Waals surface area contributed by atoms with Crippen molar-refractivity contribution in [2.24, 2.45) is 0 Å². The zero-order valence-electron chi connectivity index (χ0n) is 11.0. The molecule has 106 valence electrons. The number of hydrogen-bond donors (Lipinski definition) is 2. The number of benzene rings is 1. The van der Waals surface area contributed by atoms with E-state index < -0.39 is 5.76 Å². The van der Waals surface area contributed by atoms with E-state index in [0.717, 1.165) is 18.7 Å². The number of hydrogen-bond acceptors (Lipinski definition) is 3. The van der Waals surface area contributed by atoms with Crippen LogP contribution in [0.15, 0.2) is 29.2 Å². The van der Waals surface area contributed by atoms with Gasteiger partial charge in [-0.2, -0.15) is 8.78 Å². The number of rotatable bonds is 6. The molecule has 1 saturated heterocycles. The molecule has 0 amide bonds. The van der Waals surface area contributed by atoms with Crippen LogP contribution in [0.5, 0.6) is 0 Å². The number of nitrogens with one attached hydrogen (secondary N) is 2. The van der Waals surface area contributed by atoms with Crippen molar-refractivity contribution < 1.29 is 8.78 Å². The molecule has 0 saturated carbocycles. The summed E-state index contributed by atoms with van der Waals surface area (Å²) in [5.41, 5.74) is 0.990. The van der Waals surface area contributed by atoms with Crippen molar-refractivity contribution in [1.29, 1.82) is 0 Å².